The molecule has 0 aromatic carbocycles. The number of piperidine rings is 1. The molecule has 4 rings (SSSR count). The van der Waals surface area contributed by atoms with Crippen molar-refractivity contribution in [1.82, 2.24) is 19.9 Å². The van der Waals surface area contributed by atoms with Crippen molar-refractivity contribution in [2.75, 3.05) is 40.3 Å². The number of likely N-dealkylation sites (N-methyl/N-ethyl adjacent to an activating group) is 1. The van der Waals surface area contributed by atoms with Crippen molar-refractivity contribution in [1.29, 1.82) is 0 Å². The van der Waals surface area contributed by atoms with E-state index in [0.717, 1.165) is 44.1 Å². The molecule has 0 aliphatic carbocycles. The highest BCUT2D eigenvalue weighted by molar-refractivity contribution is 5.77. The minimum atomic E-state index is 0.195. The molecule has 1 aromatic rings. The Hall–Kier alpha value is -1.40. The average molecular weight is 320 g/mol. The number of carbonyl (C=O) groups is 1. The van der Waals surface area contributed by atoms with Gasteiger partial charge in [0.2, 0.25) is 5.91 Å². The highest BCUT2D eigenvalue weighted by Gasteiger charge is 2.35. The highest BCUT2D eigenvalue weighted by atomic mass is 16.5. The molecule has 1 amide bonds. The van der Waals surface area contributed by atoms with Gasteiger partial charge in [-0.15, -0.1) is 0 Å². The van der Waals surface area contributed by atoms with Crippen molar-refractivity contribution in [2.24, 2.45) is 5.92 Å². The standard InChI is InChI=1S/C17H28N4O2/c1-4-14-7-16(23-18-14)11-21-9-13-5-6-15(21)10-20(8-13)12-17(22)19(2)3/h7,13,15H,4-6,8-12H2,1-3H3/t13-,15+/m0/s1. The molecule has 6 heteroatoms. The first-order chi connectivity index (χ1) is 11.0. The van der Waals surface area contributed by atoms with Crippen LogP contribution in [0.1, 0.15) is 31.2 Å². The van der Waals surface area contributed by atoms with Gasteiger partial charge in [-0.1, -0.05) is 12.1 Å². The summed E-state index contributed by atoms with van der Waals surface area (Å²) in [6.07, 6.45) is 3.40. The molecule has 4 heterocycles. The maximum absolute atomic E-state index is 12.0. The molecule has 0 N–H and O–H groups in total. The van der Waals surface area contributed by atoms with Crippen LogP contribution in [0.3, 0.4) is 0 Å². The molecule has 0 unspecified atom stereocenters. The number of carbonyl (C=O) groups excluding carboxylic acids is 1. The summed E-state index contributed by atoms with van der Waals surface area (Å²) in [5.41, 5.74) is 1.03. The minimum absolute atomic E-state index is 0.195. The minimum Gasteiger partial charge on any atom is -0.360 e. The van der Waals surface area contributed by atoms with E-state index in [9.17, 15) is 4.79 Å². The number of aromatic nitrogens is 1. The quantitative estimate of drug-likeness (QED) is 0.816. The third-order valence-electron chi connectivity index (χ3n) is 5.09. The molecule has 3 aliphatic rings. The number of rotatable bonds is 5. The molecule has 3 aliphatic heterocycles. The number of hydrogen-bond donors (Lipinski definition) is 0. The second-order valence-corrected chi connectivity index (χ2v) is 7.15. The fraction of sp³-hybridized carbons (Fsp3) is 0.765. The predicted octanol–water partition coefficient (Wildman–Crippen LogP) is 1.22. The van der Waals surface area contributed by atoms with Crippen molar-refractivity contribution in [3.63, 3.8) is 0 Å². The maximum Gasteiger partial charge on any atom is 0.236 e. The van der Waals surface area contributed by atoms with Crippen LogP contribution in [-0.4, -0.2) is 72.1 Å². The SMILES string of the molecule is CCc1cc(CN2C[C@H]3CC[C@@H]2CN(CC(=O)N(C)C)C3)on1. The average Bonchev–Trinajstić information content (AvgIpc) is 2.80. The molecule has 0 spiro atoms. The Morgan fingerprint density at radius 3 is 2.87 bits per heavy atom. The van der Waals surface area contributed by atoms with Gasteiger partial charge in [0.05, 0.1) is 18.8 Å². The molecule has 1 aromatic heterocycles. The molecule has 0 radical (unpaired) electrons. The monoisotopic (exact) mass is 320 g/mol. The zero-order valence-electron chi connectivity index (χ0n) is 14.5. The predicted molar refractivity (Wildman–Crippen MR) is 87.9 cm³/mol. The van der Waals surface area contributed by atoms with Crippen LogP contribution in [0.4, 0.5) is 0 Å². The van der Waals surface area contributed by atoms with Gasteiger partial charge < -0.3 is 9.42 Å². The van der Waals surface area contributed by atoms with Gasteiger partial charge in [0.1, 0.15) is 0 Å². The molecular weight excluding hydrogens is 292 g/mol. The van der Waals surface area contributed by atoms with E-state index in [1.54, 1.807) is 4.90 Å². The summed E-state index contributed by atoms with van der Waals surface area (Å²) in [7, 11) is 3.66. The molecule has 2 bridgehead atoms. The van der Waals surface area contributed by atoms with E-state index in [0.29, 0.717) is 18.5 Å². The van der Waals surface area contributed by atoms with Crippen LogP contribution < -0.4 is 0 Å². The van der Waals surface area contributed by atoms with Crippen LogP contribution in [0.25, 0.3) is 0 Å². The third-order valence-corrected chi connectivity index (χ3v) is 5.09. The molecule has 6 nitrogen and oxygen atoms in total. The van der Waals surface area contributed by atoms with Crippen LogP contribution in [0.5, 0.6) is 0 Å². The lowest BCUT2D eigenvalue weighted by Gasteiger charge is -2.35. The van der Waals surface area contributed by atoms with Crippen LogP contribution in [0.2, 0.25) is 0 Å². The summed E-state index contributed by atoms with van der Waals surface area (Å²) in [5.74, 6) is 1.81. The van der Waals surface area contributed by atoms with Crippen molar-refractivity contribution >= 4 is 5.91 Å². The second kappa shape index (κ2) is 7.01. The van der Waals surface area contributed by atoms with Crippen molar-refractivity contribution in [2.45, 2.75) is 38.8 Å². The molecule has 2 atom stereocenters. The van der Waals surface area contributed by atoms with Gasteiger partial charge in [0, 0.05) is 45.8 Å². The van der Waals surface area contributed by atoms with Gasteiger partial charge >= 0.3 is 0 Å². The topological polar surface area (TPSA) is 52.8 Å². The van der Waals surface area contributed by atoms with E-state index in [1.807, 2.05) is 14.1 Å². The number of fused-ring (bicyclic) bond motifs is 4. The zero-order chi connectivity index (χ0) is 16.4. The van der Waals surface area contributed by atoms with E-state index >= 15 is 0 Å². The van der Waals surface area contributed by atoms with E-state index < -0.39 is 0 Å². The summed E-state index contributed by atoms with van der Waals surface area (Å²) in [6, 6.07) is 2.59. The van der Waals surface area contributed by atoms with Crippen molar-refractivity contribution in [3.05, 3.63) is 17.5 Å². The van der Waals surface area contributed by atoms with E-state index in [-0.39, 0.29) is 5.91 Å². The van der Waals surface area contributed by atoms with Gasteiger partial charge in [0.15, 0.2) is 5.76 Å². The van der Waals surface area contributed by atoms with Crippen molar-refractivity contribution < 1.29 is 9.32 Å². The largest absolute Gasteiger partial charge is 0.360 e. The number of amides is 1. The maximum atomic E-state index is 12.0. The first-order valence-corrected chi connectivity index (χ1v) is 8.66. The van der Waals surface area contributed by atoms with Gasteiger partial charge in [0.25, 0.3) is 0 Å². The summed E-state index contributed by atoms with van der Waals surface area (Å²) >= 11 is 0. The smallest absolute Gasteiger partial charge is 0.236 e. The van der Waals surface area contributed by atoms with E-state index in [4.69, 9.17) is 4.52 Å². The van der Waals surface area contributed by atoms with Gasteiger partial charge in [-0.25, -0.2) is 0 Å². The Morgan fingerprint density at radius 1 is 1.35 bits per heavy atom. The number of nitrogens with zero attached hydrogens (tertiary/aromatic N) is 4. The second-order valence-electron chi connectivity index (χ2n) is 7.15. The lowest BCUT2D eigenvalue weighted by Crippen LogP contribution is -2.44. The molecule has 128 valence electrons. The Labute approximate surface area is 138 Å². The summed E-state index contributed by atoms with van der Waals surface area (Å²) < 4.78 is 5.46. The lowest BCUT2D eigenvalue weighted by atomic mass is 9.95. The van der Waals surface area contributed by atoms with Crippen LogP contribution >= 0.6 is 0 Å². The number of hydrogen-bond acceptors (Lipinski definition) is 5. The summed E-state index contributed by atoms with van der Waals surface area (Å²) in [6.45, 7) is 6.57. The molecular formula is C17H28N4O2. The lowest BCUT2D eigenvalue weighted by molar-refractivity contribution is -0.130. The summed E-state index contributed by atoms with van der Waals surface area (Å²) in [4.78, 5) is 18.6. The Kier molecular flexibility index (Phi) is 5.02. The zero-order valence-corrected chi connectivity index (χ0v) is 14.5. The summed E-state index contributed by atoms with van der Waals surface area (Å²) in [5, 5.41) is 4.10. The normalized spacial score (nSPS) is 25.5. The van der Waals surface area contributed by atoms with Gasteiger partial charge in [-0.05, 0) is 25.2 Å². The Morgan fingerprint density at radius 2 is 2.17 bits per heavy atom. The van der Waals surface area contributed by atoms with Gasteiger partial charge in [-0.3, -0.25) is 14.6 Å². The first-order valence-electron chi connectivity index (χ1n) is 8.66. The Bertz CT molecular complexity index is 542. The van der Waals surface area contributed by atoms with E-state index in [1.165, 1.54) is 12.8 Å². The first kappa shape index (κ1) is 16.5. The molecule has 23 heavy (non-hydrogen) atoms. The van der Waals surface area contributed by atoms with Crippen LogP contribution in [-0.2, 0) is 17.8 Å². The highest BCUT2D eigenvalue weighted by Crippen LogP contribution is 2.29. The fourth-order valence-electron chi connectivity index (χ4n) is 3.73. The third kappa shape index (κ3) is 3.93. The van der Waals surface area contributed by atoms with Crippen LogP contribution in [0.15, 0.2) is 10.6 Å². The van der Waals surface area contributed by atoms with Crippen LogP contribution in [0, 0.1) is 5.92 Å². The van der Waals surface area contributed by atoms with E-state index in [2.05, 4.69) is 27.9 Å². The molecule has 0 saturated carbocycles. The fourth-order valence-corrected chi connectivity index (χ4v) is 3.73. The van der Waals surface area contributed by atoms with Gasteiger partial charge in [-0.2, -0.15) is 0 Å². The molecule has 3 fully saturated rings. The number of aryl methyl sites for hydroxylation is 1. The van der Waals surface area contributed by atoms with Crippen molar-refractivity contribution in [3.8, 4) is 0 Å². The molecule has 3 saturated heterocycles. The Balaban J connectivity index is 1.63.